The molecular formula is C15H15FN2O3S. The molecule has 0 aliphatic heterocycles. The van der Waals surface area contributed by atoms with Crippen molar-refractivity contribution in [3.05, 3.63) is 50.7 Å². The average molecular weight is 322 g/mol. The quantitative estimate of drug-likeness (QED) is 0.907. The molecule has 0 spiro atoms. The number of aryl methyl sites for hydroxylation is 3. The van der Waals surface area contributed by atoms with Crippen molar-refractivity contribution >= 4 is 23.2 Å². The number of nitrogens with zero attached hydrogens (tertiary/aromatic N) is 1. The number of rotatable bonds is 4. The van der Waals surface area contributed by atoms with E-state index in [4.69, 9.17) is 0 Å². The summed E-state index contributed by atoms with van der Waals surface area (Å²) in [6.45, 7) is 5.05. The van der Waals surface area contributed by atoms with Gasteiger partial charge in [-0.1, -0.05) is 12.1 Å². The zero-order chi connectivity index (χ0) is 16.4. The van der Waals surface area contributed by atoms with Gasteiger partial charge in [-0.05, 0) is 38.0 Å². The van der Waals surface area contributed by atoms with Crippen molar-refractivity contribution in [2.45, 2.75) is 26.8 Å². The van der Waals surface area contributed by atoms with Gasteiger partial charge in [0.15, 0.2) is 6.04 Å². The van der Waals surface area contributed by atoms with Gasteiger partial charge in [-0.25, -0.2) is 14.2 Å². The van der Waals surface area contributed by atoms with Crippen LogP contribution in [0.15, 0.2) is 18.2 Å². The molecule has 1 atom stereocenters. The molecule has 0 saturated carbocycles. The van der Waals surface area contributed by atoms with E-state index in [1.807, 2.05) is 0 Å². The van der Waals surface area contributed by atoms with Crippen LogP contribution < -0.4 is 5.32 Å². The molecule has 2 N–H and O–H groups in total. The Bertz CT molecular complexity index is 742. The van der Waals surface area contributed by atoms with E-state index in [0.717, 1.165) is 9.88 Å². The summed E-state index contributed by atoms with van der Waals surface area (Å²) >= 11 is 1.36. The van der Waals surface area contributed by atoms with E-state index in [0.29, 0.717) is 11.1 Å². The van der Waals surface area contributed by atoms with Gasteiger partial charge in [-0.15, -0.1) is 11.3 Å². The topological polar surface area (TPSA) is 79.3 Å². The normalized spacial score (nSPS) is 12.0. The van der Waals surface area contributed by atoms with E-state index in [9.17, 15) is 19.1 Å². The van der Waals surface area contributed by atoms with Crippen molar-refractivity contribution in [3.8, 4) is 0 Å². The Hall–Kier alpha value is -2.28. The molecule has 1 unspecified atom stereocenters. The molecule has 1 aromatic heterocycles. The largest absolute Gasteiger partial charge is 0.479 e. The van der Waals surface area contributed by atoms with Gasteiger partial charge in [0.05, 0.1) is 5.01 Å². The minimum atomic E-state index is -1.26. The van der Waals surface area contributed by atoms with Crippen LogP contribution in [0.1, 0.15) is 37.5 Å². The number of aliphatic carboxylic acids is 1. The summed E-state index contributed by atoms with van der Waals surface area (Å²) in [5.74, 6) is -2.20. The second-order valence-electron chi connectivity index (χ2n) is 4.89. The first-order chi connectivity index (χ1) is 10.3. The lowest BCUT2D eigenvalue weighted by Crippen LogP contribution is -2.34. The number of hydrogen-bond donors (Lipinski definition) is 2. The average Bonchev–Trinajstić information content (AvgIpc) is 2.78. The third kappa shape index (κ3) is 3.30. The summed E-state index contributed by atoms with van der Waals surface area (Å²) < 4.78 is 13.3. The highest BCUT2D eigenvalue weighted by Crippen LogP contribution is 2.20. The fraction of sp³-hybridized carbons (Fsp3) is 0.267. The standard InChI is InChI=1S/C15H15FN2O3S/c1-7-6-10(4-5-11(7)16)13(15(20)21)18-14(19)12-8(2)22-9(3)17-12/h4-6,13H,1-3H3,(H,18,19)(H,20,21). The van der Waals surface area contributed by atoms with Crippen LogP contribution >= 0.6 is 11.3 Å². The fourth-order valence-electron chi connectivity index (χ4n) is 2.07. The van der Waals surface area contributed by atoms with Crippen LogP contribution in [0.5, 0.6) is 0 Å². The summed E-state index contributed by atoms with van der Waals surface area (Å²) in [6, 6.07) is 2.69. The van der Waals surface area contributed by atoms with E-state index < -0.39 is 23.7 Å². The molecule has 1 aromatic carbocycles. The lowest BCUT2D eigenvalue weighted by atomic mass is 10.0. The monoisotopic (exact) mass is 322 g/mol. The van der Waals surface area contributed by atoms with Crippen LogP contribution in [-0.4, -0.2) is 22.0 Å². The van der Waals surface area contributed by atoms with Crippen LogP contribution in [0.2, 0.25) is 0 Å². The first kappa shape index (κ1) is 16.1. The second-order valence-corrected chi connectivity index (χ2v) is 6.30. The zero-order valence-corrected chi connectivity index (χ0v) is 13.1. The third-order valence-corrected chi connectivity index (χ3v) is 4.04. The van der Waals surface area contributed by atoms with Gasteiger partial charge in [-0.3, -0.25) is 4.79 Å². The summed E-state index contributed by atoms with van der Waals surface area (Å²) in [7, 11) is 0. The summed E-state index contributed by atoms with van der Waals surface area (Å²) in [6.07, 6.45) is 0. The van der Waals surface area contributed by atoms with Crippen molar-refractivity contribution in [1.29, 1.82) is 0 Å². The lowest BCUT2D eigenvalue weighted by Gasteiger charge is -2.15. The first-order valence-electron chi connectivity index (χ1n) is 6.53. The zero-order valence-electron chi connectivity index (χ0n) is 12.3. The van der Waals surface area contributed by atoms with Crippen molar-refractivity contribution in [3.63, 3.8) is 0 Å². The molecule has 0 saturated heterocycles. The van der Waals surface area contributed by atoms with E-state index in [1.54, 1.807) is 13.8 Å². The minimum absolute atomic E-state index is 0.215. The van der Waals surface area contributed by atoms with Gasteiger partial charge < -0.3 is 10.4 Å². The number of thiazole rings is 1. The van der Waals surface area contributed by atoms with Crippen molar-refractivity contribution in [2.75, 3.05) is 0 Å². The predicted molar refractivity (Wildman–Crippen MR) is 80.6 cm³/mol. The Morgan fingerprint density at radius 1 is 1.32 bits per heavy atom. The third-order valence-electron chi connectivity index (χ3n) is 3.16. The van der Waals surface area contributed by atoms with Crippen LogP contribution in [0.3, 0.4) is 0 Å². The molecule has 0 aliphatic carbocycles. The first-order valence-corrected chi connectivity index (χ1v) is 7.35. The van der Waals surface area contributed by atoms with Crippen molar-refractivity contribution in [2.24, 2.45) is 0 Å². The molecule has 7 heteroatoms. The molecule has 116 valence electrons. The summed E-state index contributed by atoms with van der Waals surface area (Å²) in [5, 5.41) is 12.5. The number of carboxylic acids is 1. The van der Waals surface area contributed by atoms with Crippen molar-refractivity contribution in [1.82, 2.24) is 10.3 Å². The van der Waals surface area contributed by atoms with Gasteiger partial charge in [0.2, 0.25) is 0 Å². The highest BCUT2D eigenvalue weighted by Gasteiger charge is 2.25. The molecule has 0 aliphatic rings. The number of halogens is 1. The SMILES string of the molecule is Cc1nc(C(=O)NC(C(=O)O)c2ccc(F)c(C)c2)c(C)s1. The van der Waals surface area contributed by atoms with E-state index >= 15 is 0 Å². The molecule has 1 heterocycles. The number of carboxylic acid groups (broad SMARTS) is 1. The van der Waals surface area contributed by atoms with Gasteiger partial charge in [0, 0.05) is 4.88 Å². The number of benzene rings is 1. The van der Waals surface area contributed by atoms with Gasteiger partial charge in [0.25, 0.3) is 5.91 Å². The molecular weight excluding hydrogens is 307 g/mol. The molecule has 2 aromatic rings. The van der Waals surface area contributed by atoms with Crippen LogP contribution in [-0.2, 0) is 4.79 Å². The Labute approximate surface area is 130 Å². The van der Waals surface area contributed by atoms with Crippen LogP contribution in [0, 0.1) is 26.6 Å². The maximum absolute atomic E-state index is 13.3. The second kappa shape index (κ2) is 6.23. The molecule has 2 rings (SSSR count). The predicted octanol–water partition coefficient (Wildman–Crippen LogP) is 2.76. The Balaban J connectivity index is 2.29. The highest BCUT2D eigenvalue weighted by molar-refractivity contribution is 7.11. The van der Waals surface area contributed by atoms with Gasteiger partial charge in [0.1, 0.15) is 11.5 Å². The van der Waals surface area contributed by atoms with E-state index in [2.05, 4.69) is 10.3 Å². The molecule has 0 bridgehead atoms. The minimum Gasteiger partial charge on any atom is -0.479 e. The number of nitrogens with one attached hydrogen (secondary N) is 1. The molecule has 0 fully saturated rings. The van der Waals surface area contributed by atoms with E-state index in [-0.39, 0.29) is 5.69 Å². The molecule has 0 radical (unpaired) electrons. The van der Waals surface area contributed by atoms with Gasteiger partial charge in [-0.2, -0.15) is 0 Å². The Kier molecular flexibility index (Phi) is 4.56. The van der Waals surface area contributed by atoms with Crippen molar-refractivity contribution < 1.29 is 19.1 Å². The highest BCUT2D eigenvalue weighted by atomic mass is 32.1. The molecule has 1 amide bonds. The number of carbonyl (C=O) groups is 2. The molecule has 5 nitrogen and oxygen atoms in total. The Morgan fingerprint density at radius 2 is 2.00 bits per heavy atom. The number of aromatic nitrogens is 1. The maximum atomic E-state index is 13.3. The number of hydrogen-bond acceptors (Lipinski definition) is 4. The van der Waals surface area contributed by atoms with Crippen LogP contribution in [0.4, 0.5) is 4.39 Å². The number of carbonyl (C=O) groups excluding carboxylic acids is 1. The fourth-order valence-corrected chi connectivity index (χ4v) is 2.89. The smallest absolute Gasteiger partial charge is 0.330 e. The maximum Gasteiger partial charge on any atom is 0.330 e. The molecule has 22 heavy (non-hydrogen) atoms. The van der Waals surface area contributed by atoms with E-state index in [1.165, 1.54) is 36.5 Å². The van der Waals surface area contributed by atoms with Crippen LogP contribution in [0.25, 0.3) is 0 Å². The number of amides is 1. The summed E-state index contributed by atoms with van der Waals surface area (Å²) in [4.78, 5) is 28.5. The lowest BCUT2D eigenvalue weighted by molar-refractivity contribution is -0.139. The summed E-state index contributed by atoms with van der Waals surface area (Å²) in [5.41, 5.74) is 0.843. The Morgan fingerprint density at radius 3 is 2.50 bits per heavy atom. The van der Waals surface area contributed by atoms with Gasteiger partial charge >= 0.3 is 5.97 Å².